The molecule has 2 aromatic carbocycles. The smallest absolute Gasteiger partial charge is 0.407 e. The molecular formula is C22H22N2O4. The molecule has 1 heterocycles. The van der Waals surface area contributed by atoms with E-state index in [4.69, 9.17) is 14.7 Å². The van der Waals surface area contributed by atoms with Crippen molar-refractivity contribution in [1.82, 2.24) is 5.32 Å². The van der Waals surface area contributed by atoms with Crippen LogP contribution in [0.2, 0.25) is 0 Å². The van der Waals surface area contributed by atoms with Gasteiger partial charge in [0, 0.05) is 12.8 Å². The summed E-state index contributed by atoms with van der Waals surface area (Å²) in [6.07, 6.45) is -0.0346. The SMILES string of the molecule is N#CC[C@H]1C[C@@H]([C@H](Cc2ccccc2)NC(=O)OCc2ccccc2)OC1=O. The van der Waals surface area contributed by atoms with E-state index < -0.39 is 24.2 Å². The van der Waals surface area contributed by atoms with Crippen molar-refractivity contribution in [1.29, 1.82) is 5.26 Å². The van der Waals surface area contributed by atoms with Crippen LogP contribution in [-0.4, -0.2) is 24.2 Å². The Kier molecular flexibility index (Phi) is 6.64. The molecule has 28 heavy (non-hydrogen) atoms. The minimum atomic E-state index is -0.565. The van der Waals surface area contributed by atoms with E-state index >= 15 is 0 Å². The summed E-state index contributed by atoms with van der Waals surface area (Å²) in [4.78, 5) is 24.3. The minimum Gasteiger partial charge on any atom is -0.460 e. The van der Waals surface area contributed by atoms with Gasteiger partial charge in [-0.25, -0.2) is 4.79 Å². The third kappa shape index (κ3) is 5.34. The fraction of sp³-hybridized carbons (Fsp3) is 0.318. The summed E-state index contributed by atoms with van der Waals surface area (Å²) >= 11 is 0. The first kappa shape index (κ1) is 19.4. The molecule has 0 aromatic heterocycles. The lowest BCUT2D eigenvalue weighted by molar-refractivity contribution is -0.145. The first-order valence-corrected chi connectivity index (χ1v) is 9.24. The molecule has 1 aliphatic rings. The van der Waals surface area contributed by atoms with Crippen molar-refractivity contribution in [2.45, 2.75) is 38.0 Å². The van der Waals surface area contributed by atoms with Crippen LogP contribution in [0.4, 0.5) is 4.79 Å². The maximum atomic E-state index is 12.3. The summed E-state index contributed by atoms with van der Waals surface area (Å²) in [6.45, 7) is 0.159. The van der Waals surface area contributed by atoms with Crippen molar-refractivity contribution < 1.29 is 19.1 Å². The Morgan fingerprint density at radius 2 is 1.79 bits per heavy atom. The molecule has 0 radical (unpaired) electrons. The molecule has 6 nitrogen and oxygen atoms in total. The molecule has 1 fully saturated rings. The molecule has 3 atom stereocenters. The molecule has 144 valence electrons. The summed E-state index contributed by atoms with van der Waals surface area (Å²) in [5.74, 6) is -0.834. The average molecular weight is 378 g/mol. The van der Waals surface area contributed by atoms with Gasteiger partial charge in [-0.15, -0.1) is 0 Å². The number of carbonyl (C=O) groups excluding carboxylic acids is 2. The molecular weight excluding hydrogens is 356 g/mol. The van der Waals surface area contributed by atoms with Crippen molar-refractivity contribution in [3.05, 3.63) is 71.8 Å². The zero-order valence-electron chi connectivity index (χ0n) is 15.4. The molecule has 1 amide bonds. The number of carbonyl (C=O) groups is 2. The monoisotopic (exact) mass is 378 g/mol. The van der Waals surface area contributed by atoms with Gasteiger partial charge in [0.1, 0.15) is 12.7 Å². The van der Waals surface area contributed by atoms with Crippen LogP contribution < -0.4 is 5.32 Å². The molecule has 2 aromatic rings. The maximum absolute atomic E-state index is 12.3. The third-order valence-electron chi connectivity index (χ3n) is 4.72. The maximum Gasteiger partial charge on any atom is 0.407 e. The van der Waals surface area contributed by atoms with Crippen molar-refractivity contribution in [3.63, 3.8) is 0 Å². The number of nitriles is 1. The van der Waals surface area contributed by atoms with Crippen molar-refractivity contribution in [3.8, 4) is 6.07 Å². The molecule has 3 rings (SSSR count). The number of rotatable bonds is 7. The van der Waals surface area contributed by atoms with E-state index in [9.17, 15) is 9.59 Å². The summed E-state index contributed by atoms with van der Waals surface area (Å²) in [7, 11) is 0. The standard InChI is InChI=1S/C22H22N2O4/c23-12-11-18-14-20(28-21(18)25)19(13-16-7-3-1-4-8-16)24-22(26)27-15-17-9-5-2-6-10-17/h1-10,18-20H,11,13-15H2,(H,24,26)/t18-,19-,20-/m0/s1. The number of esters is 1. The Morgan fingerprint density at radius 1 is 1.14 bits per heavy atom. The molecule has 1 saturated heterocycles. The fourth-order valence-corrected chi connectivity index (χ4v) is 3.25. The second-order valence-electron chi connectivity index (χ2n) is 6.77. The summed E-state index contributed by atoms with van der Waals surface area (Å²) in [6, 6.07) is 20.6. The van der Waals surface area contributed by atoms with E-state index in [1.807, 2.05) is 66.7 Å². The van der Waals surface area contributed by atoms with Crippen LogP contribution in [0.1, 0.15) is 24.0 Å². The number of hydrogen-bond acceptors (Lipinski definition) is 5. The van der Waals surface area contributed by atoms with Crippen LogP contribution in [0.3, 0.4) is 0 Å². The Morgan fingerprint density at radius 3 is 2.43 bits per heavy atom. The largest absolute Gasteiger partial charge is 0.460 e. The first-order chi connectivity index (χ1) is 13.7. The van der Waals surface area contributed by atoms with E-state index in [0.717, 1.165) is 11.1 Å². The molecule has 0 unspecified atom stereocenters. The molecule has 0 bridgehead atoms. The van der Waals surface area contributed by atoms with Gasteiger partial charge in [-0.2, -0.15) is 5.26 Å². The van der Waals surface area contributed by atoms with Gasteiger partial charge in [-0.05, 0) is 17.5 Å². The minimum absolute atomic E-state index is 0.117. The lowest BCUT2D eigenvalue weighted by Crippen LogP contribution is -2.45. The third-order valence-corrected chi connectivity index (χ3v) is 4.72. The van der Waals surface area contributed by atoms with Crippen molar-refractivity contribution in [2.75, 3.05) is 0 Å². The lowest BCUT2D eigenvalue weighted by atomic mass is 9.94. The molecule has 0 spiro atoms. The average Bonchev–Trinajstić information content (AvgIpc) is 3.08. The van der Waals surface area contributed by atoms with Gasteiger partial charge in [0.25, 0.3) is 0 Å². The van der Waals surface area contributed by atoms with Gasteiger partial charge >= 0.3 is 12.1 Å². The number of hydrogen-bond donors (Lipinski definition) is 1. The van der Waals surface area contributed by atoms with E-state index in [-0.39, 0.29) is 19.0 Å². The Labute approximate surface area is 164 Å². The van der Waals surface area contributed by atoms with Gasteiger partial charge < -0.3 is 14.8 Å². The van der Waals surface area contributed by atoms with Crippen LogP contribution in [-0.2, 0) is 27.3 Å². The van der Waals surface area contributed by atoms with E-state index in [2.05, 4.69) is 5.32 Å². The van der Waals surface area contributed by atoms with Crippen molar-refractivity contribution >= 4 is 12.1 Å². The summed E-state index contributed by atoms with van der Waals surface area (Å²) < 4.78 is 10.8. The highest BCUT2D eigenvalue weighted by atomic mass is 16.6. The number of cyclic esters (lactones) is 1. The van der Waals surface area contributed by atoms with E-state index in [0.29, 0.717) is 12.8 Å². The molecule has 0 saturated carbocycles. The highest BCUT2D eigenvalue weighted by Gasteiger charge is 2.39. The normalized spacial score (nSPS) is 19.3. The van der Waals surface area contributed by atoms with Crippen LogP contribution >= 0.6 is 0 Å². The Balaban J connectivity index is 1.65. The zero-order chi connectivity index (χ0) is 19.8. The first-order valence-electron chi connectivity index (χ1n) is 9.24. The number of ether oxygens (including phenoxy) is 2. The van der Waals surface area contributed by atoms with Crippen LogP contribution in [0.25, 0.3) is 0 Å². The number of alkyl carbamates (subject to hydrolysis) is 1. The predicted molar refractivity (Wildman–Crippen MR) is 102 cm³/mol. The summed E-state index contributed by atoms with van der Waals surface area (Å²) in [5, 5.41) is 11.7. The number of nitrogens with one attached hydrogen (secondary N) is 1. The van der Waals surface area contributed by atoms with E-state index in [1.165, 1.54) is 0 Å². The molecule has 1 N–H and O–H groups in total. The predicted octanol–water partition coefficient (Wildman–Crippen LogP) is 3.37. The Bertz CT molecular complexity index is 833. The number of amides is 1. The van der Waals surface area contributed by atoms with Gasteiger partial charge in [0.15, 0.2) is 0 Å². The highest BCUT2D eigenvalue weighted by Crippen LogP contribution is 2.27. The molecule has 6 heteroatoms. The summed E-state index contributed by atoms with van der Waals surface area (Å²) in [5.41, 5.74) is 1.90. The van der Waals surface area contributed by atoms with Crippen LogP contribution in [0.15, 0.2) is 60.7 Å². The van der Waals surface area contributed by atoms with E-state index in [1.54, 1.807) is 0 Å². The van der Waals surface area contributed by atoms with Gasteiger partial charge in [0.05, 0.1) is 18.0 Å². The molecule has 0 aliphatic carbocycles. The zero-order valence-corrected chi connectivity index (χ0v) is 15.4. The highest BCUT2D eigenvalue weighted by molar-refractivity contribution is 5.75. The van der Waals surface area contributed by atoms with Gasteiger partial charge in [-0.3, -0.25) is 4.79 Å². The lowest BCUT2D eigenvalue weighted by Gasteiger charge is -2.23. The quantitative estimate of drug-likeness (QED) is 0.746. The number of nitrogens with zero attached hydrogens (tertiary/aromatic N) is 1. The van der Waals surface area contributed by atoms with Crippen LogP contribution in [0.5, 0.6) is 0 Å². The molecule has 1 aliphatic heterocycles. The fourth-order valence-electron chi connectivity index (χ4n) is 3.25. The van der Waals surface area contributed by atoms with Gasteiger partial charge in [0.2, 0.25) is 0 Å². The number of benzene rings is 2. The topological polar surface area (TPSA) is 88.4 Å². The van der Waals surface area contributed by atoms with Gasteiger partial charge in [-0.1, -0.05) is 60.7 Å². The van der Waals surface area contributed by atoms with Crippen LogP contribution in [0, 0.1) is 17.2 Å². The second-order valence-corrected chi connectivity index (χ2v) is 6.77. The van der Waals surface area contributed by atoms with Crippen molar-refractivity contribution in [2.24, 2.45) is 5.92 Å². The second kappa shape index (κ2) is 9.56. The Hall–Kier alpha value is -3.33.